The highest BCUT2D eigenvalue weighted by molar-refractivity contribution is 6.30. The lowest BCUT2D eigenvalue weighted by Gasteiger charge is -2.36. The molecule has 1 aromatic heterocycles. The minimum atomic E-state index is -0.452. The fraction of sp³-hybridized carbons (Fsp3) is 0.538. The van der Waals surface area contributed by atoms with Crippen LogP contribution in [0.5, 0.6) is 0 Å². The zero-order valence-corrected chi connectivity index (χ0v) is 10.7. The lowest BCUT2D eigenvalue weighted by atomic mass is 9.96. The molecule has 4 heteroatoms. The summed E-state index contributed by atoms with van der Waals surface area (Å²) >= 11 is 5.91. The predicted octanol–water partition coefficient (Wildman–Crippen LogP) is 2.76. The van der Waals surface area contributed by atoms with Gasteiger partial charge >= 0.3 is 0 Å². The van der Waals surface area contributed by atoms with E-state index in [2.05, 4.69) is 4.98 Å². The van der Waals surface area contributed by atoms with Crippen molar-refractivity contribution in [3.63, 3.8) is 0 Å². The molecule has 2 heterocycles. The van der Waals surface area contributed by atoms with Crippen molar-refractivity contribution in [2.24, 2.45) is 0 Å². The van der Waals surface area contributed by atoms with Crippen molar-refractivity contribution in [2.45, 2.75) is 37.6 Å². The molecule has 0 radical (unpaired) electrons. The maximum atomic E-state index is 12.1. The number of alkyl halides is 1. The normalized spacial score (nSPS) is 22.2. The van der Waals surface area contributed by atoms with Gasteiger partial charge in [0.15, 0.2) is 0 Å². The number of halogens is 1. The van der Waals surface area contributed by atoms with Crippen molar-refractivity contribution in [1.29, 1.82) is 0 Å². The highest BCUT2D eigenvalue weighted by atomic mass is 35.5. The maximum Gasteiger partial charge on any atom is 0.240 e. The third-order valence-corrected chi connectivity index (χ3v) is 3.38. The highest BCUT2D eigenvalue weighted by Gasteiger charge is 2.29. The quantitative estimate of drug-likeness (QED) is 0.759. The summed E-state index contributed by atoms with van der Waals surface area (Å²) in [6.07, 6.45) is 6.81. The summed E-state index contributed by atoms with van der Waals surface area (Å²) in [5, 5.41) is -0.452. The van der Waals surface area contributed by atoms with Gasteiger partial charge < -0.3 is 4.90 Å². The van der Waals surface area contributed by atoms with Crippen LogP contribution in [0, 0.1) is 0 Å². The van der Waals surface area contributed by atoms with Gasteiger partial charge in [-0.25, -0.2) is 0 Å². The van der Waals surface area contributed by atoms with E-state index >= 15 is 0 Å². The molecule has 0 saturated carbocycles. The van der Waals surface area contributed by atoms with Gasteiger partial charge in [-0.2, -0.15) is 0 Å². The van der Waals surface area contributed by atoms with Gasteiger partial charge in [-0.3, -0.25) is 9.78 Å². The van der Waals surface area contributed by atoms with Gasteiger partial charge in [0.2, 0.25) is 5.91 Å². The molecule has 0 unspecified atom stereocenters. The van der Waals surface area contributed by atoms with Crippen molar-refractivity contribution in [3.05, 3.63) is 30.1 Å². The van der Waals surface area contributed by atoms with Gasteiger partial charge in [0, 0.05) is 18.9 Å². The fourth-order valence-corrected chi connectivity index (χ4v) is 2.47. The molecule has 1 fully saturated rings. The Bertz CT molecular complexity index is 380. The number of nitrogens with zero attached hydrogens (tertiary/aromatic N) is 2. The summed E-state index contributed by atoms with van der Waals surface area (Å²) < 4.78 is 0. The van der Waals surface area contributed by atoms with Crippen molar-refractivity contribution in [1.82, 2.24) is 9.88 Å². The summed E-state index contributed by atoms with van der Waals surface area (Å²) in [4.78, 5) is 18.1. The second-order valence-corrected chi connectivity index (χ2v) is 5.10. The van der Waals surface area contributed by atoms with Crippen molar-refractivity contribution < 1.29 is 4.79 Å². The number of carbonyl (C=O) groups excluding carboxylic acids is 1. The van der Waals surface area contributed by atoms with Crippen LogP contribution in [0.3, 0.4) is 0 Å². The molecule has 1 aliphatic heterocycles. The average Bonchev–Trinajstić information content (AvgIpc) is 2.39. The van der Waals surface area contributed by atoms with Crippen LogP contribution in [-0.4, -0.2) is 27.7 Å². The Hall–Kier alpha value is -1.09. The zero-order valence-electron chi connectivity index (χ0n) is 9.97. The molecular formula is C13H17ClN2O. The van der Waals surface area contributed by atoms with Crippen LogP contribution < -0.4 is 0 Å². The molecule has 1 aliphatic rings. The van der Waals surface area contributed by atoms with Crippen LogP contribution in [0.4, 0.5) is 0 Å². The molecular weight excluding hydrogens is 236 g/mol. The van der Waals surface area contributed by atoms with Crippen LogP contribution in [0.1, 0.15) is 37.8 Å². The summed E-state index contributed by atoms with van der Waals surface area (Å²) in [5.74, 6) is 0.0280. The molecule has 0 spiro atoms. The molecule has 0 aliphatic carbocycles. The number of piperidine rings is 1. The highest BCUT2D eigenvalue weighted by Crippen LogP contribution is 2.31. The van der Waals surface area contributed by atoms with E-state index < -0.39 is 5.38 Å². The Labute approximate surface area is 107 Å². The van der Waals surface area contributed by atoms with E-state index in [1.165, 1.54) is 0 Å². The van der Waals surface area contributed by atoms with E-state index in [0.717, 1.165) is 31.4 Å². The molecule has 2 atom stereocenters. The first kappa shape index (κ1) is 12.4. The molecule has 3 nitrogen and oxygen atoms in total. The van der Waals surface area contributed by atoms with Gasteiger partial charge in [-0.15, -0.1) is 11.6 Å². The van der Waals surface area contributed by atoms with Crippen molar-refractivity contribution >= 4 is 17.5 Å². The SMILES string of the molecule is C[C@H](Cl)C(=O)N1CCCC[C@H]1c1cccnc1. The van der Waals surface area contributed by atoms with E-state index in [1.54, 1.807) is 13.1 Å². The maximum absolute atomic E-state index is 12.1. The van der Waals surface area contributed by atoms with Crippen LogP contribution in [-0.2, 0) is 4.79 Å². The number of rotatable bonds is 2. The first-order valence-electron chi connectivity index (χ1n) is 6.04. The number of hydrogen-bond donors (Lipinski definition) is 0. The van der Waals surface area contributed by atoms with Gasteiger partial charge in [-0.05, 0) is 37.8 Å². The smallest absolute Gasteiger partial charge is 0.240 e. The number of likely N-dealkylation sites (tertiary alicyclic amines) is 1. The van der Waals surface area contributed by atoms with Crippen LogP contribution in [0.25, 0.3) is 0 Å². The summed E-state index contributed by atoms with van der Waals surface area (Å²) in [6.45, 7) is 2.54. The topological polar surface area (TPSA) is 33.2 Å². The average molecular weight is 253 g/mol. The monoisotopic (exact) mass is 252 g/mol. The number of hydrogen-bond acceptors (Lipinski definition) is 2. The summed E-state index contributed by atoms with van der Waals surface area (Å²) in [6, 6.07) is 4.09. The Morgan fingerprint density at radius 1 is 1.59 bits per heavy atom. The molecule has 17 heavy (non-hydrogen) atoms. The third kappa shape index (κ3) is 2.78. The summed E-state index contributed by atoms with van der Waals surface area (Å²) in [5.41, 5.74) is 1.11. The van der Waals surface area contributed by atoms with Crippen LogP contribution >= 0.6 is 11.6 Å². The second-order valence-electron chi connectivity index (χ2n) is 4.45. The Kier molecular flexibility index (Phi) is 4.00. The standard InChI is InChI=1S/C13H17ClN2O/c1-10(14)13(17)16-8-3-2-6-12(16)11-5-4-7-15-9-11/h4-5,7,9-10,12H,2-3,6,8H2,1H3/t10-,12-/m0/s1. The van der Waals surface area contributed by atoms with Crippen molar-refractivity contribution in [3.8, 4) is 0 Å². The molecule has 1 aromatic rings. The predicted molar refractivity (Wildman–Crippen MR) is 67.9 cm³/mol. The number of aromatic nitrogens is 1. The molecule has 2 rings (SSSR count). The first-order chi connectivity index (χ1) is 8.20. The van der Waals surface area contributed by atoms with Gasteiger partial charge in [0.25, 0.3) is 0 Å². The molecule has 0 N–H and O–H groups in total. The van der Waals surface area contributed by atoms with Gasteiger partial charge in [0.1, 0.15) is 5.38 Å². The minimum Gasteiger partial charge on any atom is -0.334 e. The molecule has 92 valence electrons. The first-order valence-corrected chi connectivity index (χ1v) is 6.48. The number of carbonyl (C=O) groups is 1. The van der Waals surface area contributed by atoms with E-state index in [-0.39, 0.29) is 11.9 Å². The van der Waals surface area contributed by atoms with Gasteiger partial charge in [0.05, 0.1) is 6.04 Å². The third-order valence-electron chi connectivity index (χ3n) is 3.20. The summed E-state index contributed by atoms with van der Waals surface area (Å²) in [7, 11) is 0. The Morgan fingerprint density at radius 2 is 2.41 bits per heavy atom. The van der Waals surface area contributed by atoms with E-state index in [0.29, 0.717) is 0 Å². The lowest BCUT2D eigenvalue weighted by Crippen LogP contribution is -2.41. The molecule has 0 bridgehead atoms. The van der Waals surface area contributed by atoms with E-state index in [4.69, 9.17) is 11.6 Å². The molecule has 0 aromatic carbocycles. The number of pyridine rings is 1. The van der Waals surface area contributed by atoms with Crippen LogP contribution in [0.2, 0.25) is 0 Å². The second kappa shape index (κ2) is 5.50. The number of amides is 1. The lowest BCUT2D eigenvalue weighted by molar-refractivity contribution is -0.134. The Balaban J connectivity index is 2.21. The zero-order chi connectivity index (χ0) is 12.3. The van der Waals surface area contributed by atoms with Crippen LogP contribution in [0.15, 0.2) is 24.5 Å². The van der Waals surface area contributed by atoms with E-state index in [9.17, 15) is 4.79 Å². The fourth-order valence-electron chi connectivity index (χ4n) is 2.34. The molecule has 1 saturated heterocycles. The van der Waals surface area contributed by atoms with E-state index in [1.807, 2.05) is 23.2 Å². The Morgan fingerprint density at radius 3 is 3.06 bits per heavy atom. The minimum absolute atomic E-state index is 0.0280. The van der Waals surface area contributed by atoms with Gasteiger partial charge in [-0.1, -0.05) is 6.07 Å². The largest absolute Gasteiger partial charge is 0.334 e. The molecule has 1 amide bonds. The van der Waals surface area contributed by atoms with Crippen molar-refractivity contribution in [2.75, 3.05) is 6.54 Å².